The van der Waals surface area contributed by atoms with Gasteiger partial charge in [0.05, 0.1) is 0 Å². The third kappa shape index (κ3) is 4.08. The van der Waals surface area contributed by atoms with Crippen LogP contribution in [0, 0.1) is 0 Å². The quantitative estimate of drug-likeness (QED) is 0.664. The molecule has 172 valence electrons. The number of urea groups is 1. The van der Waals surface area contributed by atoms with Crippen LogP contribution < -0.4 is 10.6 Å². The minimum absolute atomic E-state index is 0.0738. The second-order valence-corrected chi connectivity index (χ2v) is 8.34. The second-order valence-electron chi connectivity index (χ2n) is 8.34. The normalized spacial score (nSPS) is 19.3. The summed E-state index contributed by atoms with van der Waals surface area (Å²) in [5, 5.41) is 5.56. The van der Waals surface area contributed by atoms with Crippen molar-refractivity contribution >= 4 is 29.4 Å². The van der Waals surface area contributed by atoms with E-state index in [9.17, 15) is 19.2 Å². The summed E-state index contributed by atoms with van der Waals surface area (Å²) in [5.41, 5.74) is 1.78. The van der Waals surface area contributed by atoms with Gasteiger partial charge in [0, 0.05) is 24.3 Å². The van der Waals surface area contributed by atoms with E-state index in [1.807, 2.05) is 38.1 Å². The van der Waals surface area contributed by atoms with E-state index in [0.717, 1.165) is 28.9 Å². The van der Waals surface area contributed by atoms with E-state index in [4.69, 9.17) is 0 Å². The van der Waals surface area contributed by atoms with Gasteiger partial charge in [0.25, 0.3) is 11.8 Å². The number of nitrogens with one attached hydrogen (secondary N) is 2. The van der Waals surface area contributed by atoms with Crippen LogP contribution in [0.2, 0.25) is 0 Å². The van der Waals surface area contributed by atoms with Crippen LogP contribution in [0.5, 0.6) is 0 Å². The number of imide groups is 1. The van der Waals surface area contributed by atoms with Crippen molar-refractivity contribution in [3.8, 4) is 0 Å². The maximum atomic E-state index is 13.3. The van der Waals surface area contributed by atoms with Crippen LogP contribution in [-0.2, 0) is 21.5 Å². The van der Waals surface area contributed by atoms with Gasteiger partial charge < -0.3 is 15.5 Å². The van der Waals surface area contributed by atoms with Crippen molar-refractivity contribution in [2.24, 2.45) is 0 Å². The van der Waals surface area contributed by atoms with Crippen molar-refractivity contribution in [2.45, 2.75) is 38.6 Å². The molecule has 1 spiro atoms. The SMILES string of the molecule is CCN(CC)C(=O)c1ccc(NC(=O)CN2C(=O)N[C@]3(CCCc4ccccc43)C2=O)cc1. The maximum Gasteiger partial charge on any atom is 0.325 e. The highest BCUT2D eigenvalue weighted by Crippen LogP contribution is 2.39. The van der Waals surface area contributed by atoms with Gasteiger partial charge in [-0.05, 0) is 68.5 Å². The first-order valence-electron chi connectivity index (χ1n) is 11.3. The molecule has 1 saturated heterocycles. The van der Waals surface area contributed by atoms with Gasteiger partial charge in [0.2, 0.25) is 5.91 Å². The van der Waals surface area contributed by atoms with E-state index in [-0.39, 0.29) is 12.5 Å². The predicted octanol–water partition coefficient (Wildman–Crippen LogP) is 2.89. The molecule has 2 aromatic carbocycles. The fourth-order valence-corrected chi connectivity index (χ4v) is 4.69. The number of hydrogen-bond donors (Lipinski definition) is 2. The number of nitrogens with zero attached hydrogens (tertiary/aromatic N) is 2. The topological polar surface area (TPSA) is 98.8 Å². The summed E-state index contributed by atoms with van der Waals surface area (Å²) in [6.07, 6.45) is 2.14. The van der Waals surface area contributed by atoms with Crippen LogP contribution in [0.3, 0.4) is 0 Å². The van der Waals surface area contributed by atoms with E-state index in [0.29, 0.717) is 30.8 Å². The molecule has 33 heavy (non-hydrogen) atoms. The van der Waals surface area contributed by atoms with E-state index in [1.54, 1.807) is 29.2 Å². The molecular weight excluding hydrogens is 420 g/mol. The van der Waals surface area contributed by atoms with Gasteiger partial charge in [0.1, 0.15) is 12.1 Å². The first kappa shape index (κ1) is 22.5. The number of rotatable bonds is 6. The van der Waals surface area contributed by atoms with E-state index >= 15 is 0 Å². The van der Waals surface area contributed by atoms with Crippen LogP contribution in [-0.4, -0.2) is 53.2 Å². The molecule has 1 atom stereocenters. The molecule has 8 nitrogen and oxygen atoms in total. The van der Waals surface area contributed by atoms with Crippen LogP contribution in [0.4, 0.5) is 10.5 Å². The zero-order valence-electron chi connectivity index (χ0n) is 18.9. The van der Waals surface area contributed by atoms with E-state index < -0.39 is 23.4 Å². The highest BCUT2D eigenvalue weighted by Gasteiger charge is 2.54. The summed E-state index contributed by atoms with van der Waals surface area (Å²) < 4.78 is 0. The Morgan fingerprint density at radius 1 is 1.06 bits per heavy atom. The highest BCUT2D eigenvalue weighted by molar-refractivity contribution is 6.10. The first-order chi connectivity index (χ1) is 15.9. The van der Waals surface area contributed by atoms with Crippen LogP contribution in [0.25, 0.3) is 0 Å². The molecule has 0 saturated carbocycles. The third-order valence-corrected chi connectivity index (χ3v) is 6.42. The van der Waals surface area contributed by atoms with Crippen molar-refractivity contribution in [1.29, 1.82) is 0 Å². The van der Waals surface area contributed by atoms with Gasteiger partial charge in [-0.2, -0.15) is 0 Å². The number of benzene rings is 2. The van der Waals surface area contributed by atoms with Crippen molar-refractivity contribution in [3.05, 3.63) is 65.2 Å². The number of anilines is 1. The Kier molecular flexibility index (Phi) is 6.18. The first-order valence-corrected chi connectivity index (χ1v) is 11.3. The van der Waals surface area contributed by atoms with Gasteiger partial charge in [-0.25, -0.2) is 4.79 Å². The molecule has 0 aromatic heterocycles. The molecule has 8 heteroatoms. The molecule has 0 unspecified atom stereocenters. The molecule has 2 aliphatic rings. The minimum atomic E-state index is -1.10. The smallest absolute Gasteiger partial charge is 0.325 e. The molecule has 1 aliphatic heterocycles. The number of fused-ring (bicyclic) bond motifs is 2. The van der Waals surface area contributed by atoms with Gasteiger partial charge in [0.15, 0.2) is 0 Å². The van der Waals surface area contributed by atoms with Gasteiger partial charge in [-0.15, -0.1) is 0 Å². The Labute approximate surface area is 192 Å². The second kappa shape index (κ2) is 9.05. The average Bonchev–Trinajstić information content (AvgIpc) is 3.05. The lowest BCUT2D eigenvalue weighted by Crippen LogP contribution is -2.47. The predicted molar refractivity (Wildman–Crippen MR) is 124 cm³/mol. The lowest BCUT2D eigenvalue weighted by atomic mass is 9.76. The lowest BCUT2D eigenvalue weighted by molar-refractivity contribution is -0.134. The van der Waals surface area contributed by atoms with Crippen LogP contribution in [0.15, 0.2) is 48.5 Å². The largest absolute Gasteiger partial charge is 0.339 e. The van der Waals surface area contributed by atoms with Crippen LogP contribution in [0.1, 0.15) is 48.2 Å². The molecule has 1 heterocycles. The summed E-state index contributed by atoms with van der Waals surface area (Å²) in [7, 11) is 0. The van der Waals surface area contributed by atoms with Gasteiger partial charge in [-0.3, -0.25) is 19.3 Å². The number of amides is 5. The molecule has 5 amide bonds. The van der Waals surface area contributed by atoms with Gasteiger partial charge in [-0.1, -0.05) is 24.3 Å². The molecule has 1 fully saturated rings. The van der Waals surface area contributed by atoms with Crippen LogP contribution >= 0.6 is 0 Å². The zero-order chi connectivity index (χ0) is 23.6. The molecule has 4 rings (SSSR count). The number of hydrogen-bond acceptors (Lipinski definition) is 4. The van der Waals surface area contributed by atoms with Crippen molar-refractivity contribution < 1.29 is 19.2 Å². The molecular formula is C25H28N4O4. The van der Waals surface area contributed by atoms with Crippen molar-refractivity contribution in [2.75, 3.05) is 25.0 Å². The highest BCUT2D eigenvalue weighted by atomic mass is 16.2. The maximum absolute atomic E-state index is 13.3. The third-order valence-electron chi connectivity index (χ3n) is 6.42. The van der Waals surface area contributed by atoms with Gasteiger partial charge >= 0.3 is 6.03 Å². The molecule has 0 bridgehead atoms. The summed E-state index contributed by atoms with van der Waals surface area (Å²) in [6, 6.07) is 13.6. The fraction of sp³-hybridized carbons (Fsp3) is 0.360. The monoisotopic (exact) mass is 448 g/mol. The summed E-state index contributed by atoms with van der Waals surface area (Å²) in [4.78, 5) is 53.7. The van der Waals surface area contributed by atoms with Crippen molar-refractivity contribution in [1.82, 2.24) is 15.1 Å². The number of aryl methyl sites for hydroxylation is 1. The lowest BCUT2D eigenvalue weighted by Gasteiger charge is -2.33. The Morgan fingerprint density at radius 3 is 2.45 bits per heavy atom. The van der Waals surface area contributed by atoms with Crippen molar-refractivity contribution in [3.63, 3.8) is 0 Å². The molecule has 0 radical (unpaired) electrons. The number of carbonyl (C=O) groups is 4. The Balaban J connectivity index is 1.44. The van der Waals surface area contributed by atoms with E-state index in [1.165, 1.54) is 0 Å². The Bertz CT molecular complexity index is 1090. The summed E-state index contributed by atoms with van der Waals surface area (Å²) in [5.74, 6) is -0.951. The minimum Gasteiger partial charge on any atom is -0.339 e. The summed E-state index contributed by atoms with van der Waals surface area (Å²) >= 11 is 0. The summed E-state index contributed by atoms with van der Waals surface area (Å²) in [6.45, 7) is 4.69. The standard InChI is InChI=1S/C25H28N4O4/c1-3-28(4-2)22(31)18-11-13-19(14-12-18)26-21(30)16-29-23(32)25(27-24(29)33)15-7-9-17-8-5-6-10-20(17)25/h5-6,8,10-14H,3-4,7,9,15-16H2,1-2H3,(H,26,30)(H,27,33)/t25-/m0/s1. The number of carbonyl (C=O) groups excluding carboxylic acids is 4. The van der Waals surface area contributed by atoms with E-state index in [2.05, 4.69) is 10.6 Å². The zero-order valence-corrected chi connectivity index (χ0v) is 18.9. The average molecular weight is 449 g/mol. The fourth-order valence-electron chi connectivity index (χ4n) is 4.69. The molecule has 1 aliphatic carbocycles. The molecule has 2 aromatic rings. The Morgan fingerprint density at radius 2 is 1.76 bits per heavy atom. The Hall–Kier alpha value is -3.68. The molecule has 2 N–H and O–H groups in total.